The van der Waals surface area contributed by atoms with E-state index in [9.17, 15) is 9.59 Å². The van der Waals surface area contributed by atoms with Gasteiger partial charge in [0.25, 0.3) is 0 Å². The monoisotopic (exact) mass is 257 g/mol. The van der Waals surface area contributed by atoms with Crippen molar-refractivity contribution in [3.63, 3.8) is 0 Å². The van der Waals surface area contributed by atoms with Crippen LogP contribution < -0.4 is 5.76 Å². The van der Waals surface area contributed by atoms with E-state index in [1.54, 1.807) is 24.3 Å². The van der Waals surface area contributed by atoms with E-state index in [-0.39, 0.29) is 5.69 Å². The summed E-state index contributed by atoms with van der Waals surface area (Å²) in [6, 6.07) is 7.96. The molecule has 0 saturated carbocycles. The maximum atomic E-state index is 11.0. The van der Waals surface area contributed by atoms with Gasteiger partial charge in [0, 0.05) is 5.56 Å². The van der Waals surface area contributed by atoms with Gasteiger partial charge in [0.15, 0.2) is 11.3 Å². The van der Waals surface area contributed by atoms with E-state index in [0.29, 0.717) is 22.4 Å². The number of carbonyl (C=O) groups is 1. The Kier molecular flexibility index (Phi) is 2.38. The third kappa shape index (κ3) is 1.97. The van der Waals surface area contributed by atoms with Crippen LogP contribution in [-0.2, 0) is 0 Å². The molecule has 2 aromatic heterocycles. The minimum absolute atomic E-state index is 0.127. The highest BCUT2D eigenvalue weighted by atomic mass is 16.4. The van der Waals surface area contributed by atoms with E-state index in [1.807, 2.05) is 0 Å². The number of H-pyrrole nitrogens is 1. The average molecular weight is 257 g/mol. The number of nitrogens with zero attached hydrogens (tertiary/aromatic N) is 2. The van der Waals surface area contributed by atoms with Gasteiger partial charge in [0.1, 0.15) is 0 Å². The molecule has 0 fully saturated rings. The molecule has 0 unspecified atom stereocenters. The van der Waals surface area contributed by atoms with Crippen molar-refractivity contribution in [1.82, 2.24) is 15.2 Å². The van der Waals surface area contributed by atoms with E-state index in [0.717, 1.165) is 0 Å². The molecule has 19 heavy (non-hydrogen) atoms. The summed E-state index contributed by atoms with van der Waals surface area (Å²) in [5, 5.41) is 16.1. The van der Waals surface area contributed by atoms with Crippen molar-refractivity contribution in [3.8, 4) is 11.3 Å². The number of nitrogens with one attached hydrogen (secondary N) is 1. The Morgan fingerprint density at radius 1 is 1.21 bits per heavy atom. The summed E-state index contributed by atoms with van der Waals surface area (Å²) in [7, 11) is 0. The Bertz CT molecular complexity index is 817. The van der Waals surface area contributed by atoms with E-state index < -0.39 is 11.7 Å². The second-order valence-electron chi connectivity index (χ2n) is 3.83. The Balaban J connectivity index is 2.07. The first-order valence-corrected chi connectivity index (χ1v) is 5.34. The molecule has 94 valence electrons. The van der Waals surface area contributed by atoms with Gasteiger partial charge < -0.3 is 9.52 Å². The van der Waals surface area contributed by atoms with Gasteiger partial charge in [0.05, 0.1) is 11.2 Å². The number of hydrogen-bond donors (Lipinski definition) is 2. The molecule has 7 heteroatoms. The van der Waals surface area contributed by atoms with Crippen molar-refractivity contribution in [3.05, 3.63) is 46.6 Å². The number of fused-ring (bicyclic) bond motifs is 1. The van der Waals surface area contributed by atoms with Gasteiger partial charge in [-0.15, -0.1) is 10.2 Å². The van der Waals surface area contributed by atoms with Crippen molar-refractivity contribution in [2.24, 2.45) is 0 Å². The van der Waals surface area contributed by atoms with Crippen LogP contribution in [0.3, 0.4) is 0 Å². The molecule has 0 amide bonds. The molecule has 0 spiro atoms. The minimum atomic E-state index is -1.13. The number of oxazole rings is 1. The van der Waals surface area contributed by atoms with E-state index in [1.165, 1.54) is 6.07 Å². The molecule has 0 aliphatic heterocycles. The largest absolute Gasteiger partial charge is 0.476 e. The van der Waals surface area contributed by atoms with Gasteiger partial charge in [-0.25, -0.2) is 9.59 Å². The molecular weight excluding hydrogens is 250 g/mol. The van der Waals surface area contributed by atoms with Crippen molar-refractivity contribution >= 4 is 17.1 Å². The van der Waals surface area contributed by atoms with Crippen LogP contribution in [-0.4, -0.2) is 26.3 Å². The van der Waals surface area contributed by atoms with Gasteiger partial charge in [0.2, 0.25) is 0 Å². The van der Waals surface area contributed by atoms with E-state index in [2.05, 4.69) is 15.2 Å². The molecule has 7 nitrogen and oxygen atoms in total. The third-order valence-corrected chi connectivity index (χ3v) is 2.60. The molecule has 2 heterocycles. The first-order chi connectivity index (χ1) is 9.13. The second kappa shape index (κ2) is 4.05. The fourth-order valence-corrected chi connectivity index (χ4v) is 1.71. The Labute approximate surface area is 105 Å². The van der Waals surface area contributed by atoms with Crippen molar-refractivity contribution in [2.45, 2.75) is 0 Å². The number of aromatic nitrogens is 3. The van der Waals surface area contributed by atoms with Crippen LogP contribution in [0.1, 0.15) is 10.5 Å². The number of carboxylic acid groups (broad SMARTS) is 1. The van der Waals surface area contributed by atoms with E-state index in [4.69, 9.17) is 9.52 Å². The SMILES string of the molecule is O=C(O)c1ccc(-c2ccc3[nH]c(=O)oc3c2)nn1. The highest BCUT2D eigenvalue weighted by molar-refractivity contribution is 5.85. The normalized spacial score (nSPS) is 10.7. The molecule has 2 N–H and O–H groups in total. The molecule has 0 atom stereocenters. The molecule has 0 bridgehead atoms. The van der Waals surface area contributed by atoms with Crippen LogP contribution in [0.4, 0.5) is 0 Å². The summed E-state index contributed by atoms with van der Waals surface area (Å²) in [6.07, 6.45) is 0. The van der Waals surface area contributed by atoms with Crippen LogP contribution >= 0.6 is 0 Å². The number of carboxylic acids is 1. The van der Waals surface area contributed by atoms with Crippen molar-refractivity contribution in [2.75, 3.05) is 0 Å². The van der Waals surface area contributed by atoms with E-state index >= 15 is 0 Å². The smallest absolute Gasteiger partial charge is 0.417 e. The van der Waals surface area contributed by atoms with Gasteiger partial charge in [-0.1, -0.05) is 6.07 Å². The summed E-state index contributed by atoms with van der Waals surface area (Å²) in [4.78, 5) is 24.2. The van der Waals surface area contributed by atoms with Crippen LogP contribution in [0.5, 0.6) is 0 Å². The van der Waals surface area contributed by atoms with Crippen molar-refractivity contribution < 1.29 is 14.3 Å². The standard InChI is InChI=1S/C12H7N3O4/c16-11(17)9-4-3-7(14-15-9)6-1-2-8-10(5-6)19-12(18)13-8/h1-5H,(H,13,18)(H,16,17). The lowest BCUT2D eigenvalue weighted by Gasteiger charge is -1.99. The molecule has 0 saturated heterocycles. The number of aromatic carboxylic acids is 1. The maximum absolute atomic E-state index is 11.0. The summed E-state index contributed by atoms with van der Waals surface area (Å²) in [5.74, 6) is -1.66. The molecule has 0 aliphatic rings. The molecular formula is C12H7N3O4. The van der Waals surface area contributed by atoms with Crippen LogP contribution in [0.15, 0.2) is 39.5 Å². The number of rotatable bonds is 2. The molecule has 3 aromatic rings. The van der Waals surface area contributed by atoms with Gasteiger partial charge in [-0.2, -0.15) is 0 Å². The fourth-order valence-electron chi connectivity index (χ4n) is 1.71. The Morgan fingerprint density at radius 3 is 2.74 bits per heavy atom. The summed E-state index contributed by atoms with van der Waals surface area (Å²) in [5.41, 5.74) is 2.05. The average Bonchev–Trinajstić information content (AvgIpc) is 2.77. The topological polar surface area (TPSA) is 109 Å². The van der Waals surface area contributed by atoms with Crippen LogP contribution in [0, 0.1) is 0 Å². The minimum Gasteiger partial charge on any atom is -0.476 e. The first-order valence-electron chi connectivity index (χ1n) is 5.34. The van der Waals surface area contributed by atoms with Gasteiger partial charge in [-0.05, 0) is 24.3 Å². The highest BCUT2D eigenvalue weighted by Gasteiger charge is 2.08. The van der Waals surface area contributed by atoms with Crippen molar-refractivity contribution in [1.29, 1.82) is 0 Å². The number of hydrogen-bond acceptors (Lipinski definition) is 5. The number of aromatic amines is 1. The summed E-state index contributed by atoms with van der Waals surface area (Å²) >= 11 is 0. The fraction of sp³-hybridized carbons (Fsp3) is 0. The lowest BCUT2D eigenvalue weighted by atomic mass is 10.1. The van der Waals surface area contributed by atoms with Crippen LogP contribution in [0.2, 0.25) is 0 Å². The van der Waals surface area contributed by atoms with Gasteiger partial charge >= 0.3 is 11.7 Å². The molecule has 1 aromatic carbocycles. The van der Waals surface area contributed by atoms with Crippen LogP contribution in [0.25, 0.3) is 22.4 Å². The molecule has 0 radical (unpaired) electrons. The zero-order chi connectivity index (χ0) is 13.4. The quantitative estimate of drug-likeness (QED) is 0.715. The number of benzene rings is 1. The zero-order valence-electron chi connectivity index (χ0n) is 9.45. The third-order valence-electron chi connectivity index (χ3n) is 2.60. The second-order valence-corrected chi connectivity index (χ2v) is 3.83. The molecule has 3 rings (SSSR count). The predicted octanol–water partition coefficient (Wildman–Crippen LogP) is 1.28. The lowest BCUT2D eigenvalue weighted by molar-refractivity contribution is 0.0689. The first kappa shape index (κ1) is 11.1. The highest BCUT2D eigenvalue weighted by Crippen LogP contribution is 2.20. The summed E-state index contributed by atoms with van der Waals surface area (Å²) < 4.78 is 4.94. The van der Waals surface area contributed by atoms with Gasteiger partial charge in [-0.3, -0.25) is 4.98 Å². The predicted molar refractivity (Wildman–Crippen MR) is 64.8 cm³/mol. The molecule has 0 aliphatic carbocycles. The Morgan fingerprint density at radius 2 is 2.05 bits per heavy atom. The zero-order valence-corrected chi connectivity index (χ0v) is 9.45. The maximum Gasteiger partial charge on any atom is 0.417 e. The lowest BCUT2D eigenvalue weighted by Crippen LogP contribution is -2.01. The Hall–Kier alpha value is -2.96. The summed E-state index contributed by atoms with van der Waals surface area (Å²) in [6.45, 7) is 0.